The Labute approximate surface area is 162 Å². The van der Waals surface area contributed by atoms with E-state index in [1.54, 1.807) is 6.20 Å². The molecule has 1 fully saturated rings. The summed E-state index contributed by atoms with van der Waals surface area (Å²) in [7, 11) is 3.93. The number of hydrogen-bond donors (Lipinski definition) is 2. The molecule has 0 radical (unpaired) electrons. The molecule has 0 bridgehead atoms. The predicted molar refractivity (Wildman–Crippen MR) is 102 cm³/mol. The Morgan fingerprint density at radius 3 is 2.25 bits per heavy atom. The van der Waals surface area contributed by atoms with Crippen LogP contribution in [0.1, 0.15) is 36.0 Å². The monoisotopic (exact) mass is 392 g/mol. The number of halogens is 3. The van der Waals surface area contributed by atoms with Crippen LogP contribution in [0.5, 0.6) is 0 Å². The van der Waals surface area contributed by atoms with E-state index in [2.05, 4.69) is 15.6 Å². The molecule has 1 aliphatic carbocycles. The molecule has 1 saturated carbocycles. The van der Waals surface area contributed by atoms with Crippen molar-refractivity contribution in [2.24, 2.45) is 0 Å². The van der Waals surface area contributed by atoms with Crippen molar-refractivity contribution in [3.63, 3.8) is 0 Å². The first kappa shape index (κ1) is 20.0. The lowest BCUT2D eigenvalue weighted by Gasteiger charge is -2.30. The number of nitrogens with zero attached hydrogens (tertiary/aromatic N) is 2. The topological polar surface area (TPSA) is 57.3 Å². The molecule has 0 unspecified atom stereocenters. The number of hydrogen-bond acceptors (Lipinski definition) is 4. The Balaban J connectivity index is 1.53. The van der Waals surface area contributed by atoms with Crippen molar-refractivity contribution in [2.45, 2.75) is 37.8 Å². The van der Waals surface area contributed by atoms with Crippen molar-refractivity contribution in [1.82, 2.24) is 10.3 Å². The van der Waals surface area contributed by atoms with Crippen molar-refractivity contribution in [1.29, 1.82) is 0 Å². The van der Waals surface area contributed by atoms with Gasteiger partial charge < -0.3 is 15.5 Å². The Hall–Kier alpha value is -2.77. The number of carbonyl (C=O) groups is 1. The molecule has 5 nitrogen and oxygen atoms in total. The quantitative estimate of drug-likeness (QED) is 0.762. The van der Waals surface area contributed by atoms with Crippen LogP contribution >= 0.6 is 0 Å². The van der Waals surface area contributed by atoms with Gasteiger partial charge in [-0.05, 0) is 43.9 Å². The maximum absolute atomic E-state index is 13.3. The third-order valence-corrected chi connectivity index (χ3v) is 4.92. The lowest BCUT2D eigenvalue weighted by atomic mass is 9.91. The summed E-state index contributed by atoms with van der Waals surface area (Å²) >= 11 is 0. The summed E-state index contributed by atoms with van der Waals surface area (Å²) in [5, 5.41) is 6.18. The van der Waals surface area contributed by atoms with Crippen molar-refractivity contribution in [3.05, 3.63) is 53.5 Å². The molecule has 2 N–H and O–H groups in total. The molecule has 1 heterocycles. The molecule has 0 aliphatic heterocycles. The molecule has 0 atom stereocenters. The zero-order valence-electron chi connectivity index (χ0n) is 15.8. The zero-order chi connectivity index (χ0) is 20.3. The Morgan fingerprint density at radius 2 is 1.64 bits per heavy atom. The fourth-order valence-corrected chi connectivity index (χ4v) is 3.32. The highest BCUT2D eigenvalue weighted by molar-refractivity contribution is 5.94. The lowest BCUT2D eigenvalue weighted by Crippen LogP contribution is -2.40. The SMILES string of the molecule is CN(C)c1ccnc(N[C@H]2CC[C@@H](NC(=O)c3cc(F)c(F)c(F)c3)CC2)c1. The van der Waals surface area contributed by atoms with Gasteiger partial charge >= 0.3 is 0 Å². The Morgan fingerprint density at radius 1 is 1.04 bits per heavy atom. The normalized spacial score (nSPS) is 19.2. The second kappa shape index (κ2) is 8.50. The zero-order valence-corrected chi connectivity index (χ0v) is 15.8. The van der Waals surface area contributed by atoms with Gasteiger partial charge in [-0.2, -0.15) is 0 Å². The number of amides is 1. The second-order valence-electron chi connectivity index (χ2n) is 7.21. The molecule has 150 valence electrons. The number of anilines is 2. The largest absolute Gasteiger partial charge is 0.378 e. The van der Waals surface area contributed by atoms with Crippen LogP contribution < -0.4 is 15.5 Å². The fraction of sp³-hybridized carbons (Fsp3) is 0.400. The van der Waals surface area contributed by atoms with E-state index in [0.29, 0.717) is 12.1 Å². The molecule has 1 aliphatic rings. The van der Waals surface area contributed by atoms with Crippen molar-refractivity contribution in [3.8, 4) is 0 Å². The van der Waals surface area contributed by atoms with Gasteiger partial charge in [0.05, 0.1) is 0 Å². The smallest absolute Gasteiger partial charge is 0.251 e. The minimum atomic E-state index is -1.57. The van der Waals surface area contributed by atoms with Crippen LogP contribution in [0.15, 0.2) is 30.5 Å². The summed E-state index contributed by atoms with van der Waals surface area (Å²) in [6, 6.07) is 5.47. The summed E-state index contributed by atoms with van der Waals surface area (Å²) in [4.78, 5) is 18.5. The molecule has 0 spiro atoms. The molecule has 0 saturated heterocycles. The van der Waals surface area contributed by atoms with E-state index in [4.69, 9.17) is 0 Å². The van der Waals surface area contributed by atoms with E-state index in [9.17, 15) is 18.0 Å². The van der Waals surface area contributed by atoms with Crippen molar-refractivity contribution >= 4 is 17.4 Å². The summed E-state index contributed by atoms with van der Waals surface area (Å²) < 4.78 is 39.6. The first-order valence-electron chi connectivity index (χ1n) is 9.19. The number of benzene rings is 1. The maximum atomic E-state index is 13.3. The highest BCUT2D eigenvalue weighted by Crippen LogP contribution is 2.24. The van der Waals surface area contributed by atoms with E-state index in [1.165, 1.54) is 0 Å². The molecular weight excluding hydrogens is 369 g/mol. The molecule has 2 aromatic rings. The molecule has 28 heavy (non-hydrogen) atoms. The lowest BCUT2D eigenvalue weighted by molar-refractivity contribution is 0.0925. The van der Waals surface area contributed by atoms with E-state index < -0.39 is 23.4 Å². The summed E-state index contributed by atoms with van der Waals surface area (Å²) in [6.07, 6.45) is 4.85. The second-order valence-corrected chi connectivity index (χ2v) is 7.21. The van der Waals surface area contributed by atoms with Gasteiger partial charge in [-0.25, -0.2) is 18.2 Å². The van der Waals surface area contributed by atoms with Crippen LogP contribution in [0, 0.1) is 17.5 Å². The van der Waals surface area contributed by atoms with Gasteiger partial charge in [-0.3, -0.25) is 4.79 Å². The van der Waals surface area contributed by atoms with Gasteiger partial charge in [-0.15, -0.1) is 0 Å². The van der Waals surface area contributed by atoms with E-state index in [1.807, 2.05) is 31.1 Å². The van der Waals surface area contributed by atoms with Crippen LogP contribution in [0.2, 0.25) is 0 Å². The third-order valence-electron chi connectivity index (χ3n) is 4.92. The minimum Gasteiger partial charge on any atom is -0.378 e. The van der Waals surface area contributed by atoms with E-state index >= 15 is 0 Å². The van der Waals surface area contributed by atoms with Crippen LogP contribution in [0.3, 0.4) is 0 Å². The number of nitrogens with one attached hydrogen (secondary N) is 2. The van der Waals surface area contributed by atoms with Crippen molar-refractivity contribution < 1.29 is 18.0 Å². The Bertz CT molecular complexity index is 828. The van der Waals surface area contributed by atoms with Crippen LogP contribution in [0.25, 0.3) is 0 Å². The molecule has 1 aromatic carbocycles. The molecular formula is C20H23F3N4O. The van der Waals surface area contributed by atoms with Crippen LogP contribution in [-0.2, 0) is 0 Å². The third kappa shape index (κ3) is 4.74. The van der Waals surface area contributed by atoms with Crippen LogP contribution in [0.4, 0.5) is 24.7 Å². The highest BCUT2D eigenvalue weighted by atomic mass is 19.2. The van der Waals surface area contributed by atoms with Gasteiger partial charge in [0.1, 0.15) is 5.82 Å². The molecule has 1 aromatic heterocycles. The van der Waals surface area contributed by atoms with Gasteiger partial charge in [-0.1, -0.05) is 0 Å². The summed E-state index contributed by atoms with van der Waals surface area (Å²) in [5.41, 5.74) is 0.832. The Kier molecular flexibility index (Phi) is 6.06. The molecule has 3 rings (SSSR count). The highest BCUT2D eigenvalue weighted by Gasteiger charge is 2.24. The molecule has 1 amide bonds. The summed E-state index contributed by atoms with van der Waals surface area (Å²) in [5.74, 6) is -4.11. The van der Waals surface area contributed by atoms with Gasteiger partial charge in [0, 0.05) is 49.7 Å². The average molecular weight is 392 g/mol. The van der Waals surface area contributed by atoms with Gasteiger partial charge in [0.15, 0.2) is 17.5 Å². The summed E-state index contributed by atoms with van der Waals surface area (Å²) in [6.45, 7) is 0. The number of pyridine rings is 1. The number of aromatic nitrogens is 1. The van der Waals surface area contributed by atoms with Crippen molar-refractivity contribution in [2.75, 3.05) is 24.3 Å². The predicted octanol–water partition coefficient (Wildman–Crippen LogP) is 3.72. The first-order chi connectivity index (χ1) is 13.3. The van der Waals surface area contributed by atoms with E-state index in [0.717, 1.165) is 37.2 Å². The van der Waals surface area contributed by atoms with E-state index in [-0.39, 0.29) is 17.6 Å². The first-order valence-corrected chi connectivity index (χ1v) is 9.19. The average Bonchev–Trinajstić information content (AvgIpc) is 2.67. The number of carbonyl (C=O) groups excluding carboxylic acids is 1. The number of rotatable bonds is 5. The minimum absolute atomic E-state index is 0.0946. The van der Waals surface area contributed by atoms with Crippen LogP contribution in [-0.4, -0.2) is 37.1 Å². The molecule has 8 heteroatoms. The van der Waals surface area contributed by atoms with Gasteiger partial charge in [0.25, 0.3) is 5.91 Å². The standard InChI is InChI=1S/C20H23F3N4O/c1-27(2)15-7-8-24-18(11-15)25-13-3-5-14(6-4-13)26-20(28)12-9-16(21)19(23)17(22)10-12/h7-11,13-14H,3-6H2,1-2H3,(H,24,25)(H,26,28)/t13-,14+. The fourth-order valence-electron chi connectivity index (χ4n) is 3.32. The van der Waals surface area contributed by atoms with Gasteiger partial charge in [0.2, 0.25) is 0 Å². The maximum Gasteiger partial charge on any atom is 0.251 e.